The fourth-order valence-corrected chi connectivity index (χ4v) is 6.03. The Morgan fingerprint density at radius 1 is 1.23 bits per heavy atom. The number of rotatable bonds is 8. The molecule has 210 valence electrons. The molecule has 1 aliphatic heterocycles. The summed E-state index contributed by atoms with van der Waals surface area (Å²) in [5, 5.41) is 17.7. The van der Waals surface area contributed by atoms with Gasteiger partial charge in [0, 0.05) is 25.6 Å². The number of likely N-dealkylation sites (N-methyl/N-ethyl adjacent to an activating group) is 1. The number of likely N-dealkylation sites (tertiary alicyclic amines) is 1. The van der Waals surface area contributed by atoms with E-state index in [9.17, 15) is 14.7 Å². The van der Waals surface area contributed by atoms with Gasteiger partial charge in [-0.3, -0.25) is 9.59 Å². The van der Waals surface area contributed by atoms with Crippen molar-refractivity contribution in [3.63, 3.8) is 0 Å². The van der Waals surface area contributed by atoms with E-state index in [1.165, 1.54) is 4.90 Å². The van der Waals surface area contributed by atoms with Gasteiger partial charge in [0.1, 0.15) is 17.7 Å². The summed E-state index contributed by atoms with van der Waals surface area (Å²) in [6.07, 6.45) is -0.599. The zero-order valence-corrected chi connectivity index (χ0v) is 24.6. The average molecular weight is 554 g/mol. The summed E-state index contributed by atoms with van der Waals surface area (Å²) in [6.45, 7) is 10.3. The standard InChI is InChI=1S/C29H39N5O4S/c1-17-12-24(38-32-17)25(29(3,4)5)28(37)34-14-21(35)13-23(34)27(36)31-22(15-33(6)7)19-8-10-20(11-9-19)26-18(2)30-16-39-26/h8-12,16,21-23,25,35H,13-15H2,1-7H3,(H,31,36)/t21-,22+,23+,25-/m1/s1. The van der Waals surface area contributed by atoms with Gasteiger partial charge in [0.05, 0.1) is 33.9 Å². The highest BCUT2D eigenvalue weighted by molar-refractivity contribution is 7.13. The fourth-order valence-electron chi connectivity index (χ4n) is 5.22. The van der Waals surface area contributed by atoms with Crippen molar-refractivity contribution in [3.05, 3.63) is 58.6 Å². The lowest BCUT2D eigenvalue weighted by Gasteiger charge is -2.34. The molecule has 39 heavy (non-hydrogen) atoms. The highest BCUT2D eigenvalue weighted by Gasteiger charge is 2.46. The maximum atomic E-state index is 13.9. The topological polar surface area (TPSA) is 112 Å². The number of nitrogens with one attached hydrogen (secondary N) is 1. The zero-order chi connectivity index (χ0) is 28.5. The van der Waals surface area contributed by atoms with Crippen molar-refractivity contribution < 1.29 is 19.2 Å². The fraction of sp³-hybridized carbons (Fsp3) is 0.517. The summed E-state index contributed by atoms with van der Waals surface area (Å²) in [4.78, 5) is 36.6. The largest absolute Gasteiger partial charge is 0.391 e. The molecule has 10 heteroatoms. The third kappa shape index (κ3) is 6.57. The summed E-state index contributed by atoms with van der Waals surface area (Å²) in [7, 11) is 3.91. The van der Waals surface area contributed by atoms with Crippen molar-refractivity contribution in [2.75, 3.05) is 27.2 Å². The maximum Gasteiger partial charge on any atom is 0.243 e. The minimum atomic E-state index is -0.787. The van der Waals surface area contributed by atoms with Crippen LogP contribution >= 0.6 is 11.3 Å². The van der Waals surface area contributed by atoms with Gasteiger partial charge in [-0.15, -0.1) is 11.3 Å². The molecule has 4 rings (SSSR count). The van der Waals surface area contributed by atoms with Crippen LogP contribution in [0.2, 0.25) is 0 Å². The number of hydrogen-bond donors (Lipinski definition) is 2. The summed E-state index contributed by atoms with van der Waals surface area (Å²) < 4.78 is 5.50. The first-order valence-electron chi connectivity index (χ1n) is 13.2. The van der Waals surface area contributed by atoms with E-state index in [0.717, 1.165) is 21.7 Å². The summed E-state index contributed by atoms with van der Waals surface area (Å²) in [5.41, 5.74) is 5.08. The van der Waals surface area contributed by atoms with Crippen molar-refractivity contribution in [2.24, 2.45) is 5.41 Å². The number of carbonyl (C=O) groups excluding carboxylic acids is 2. The van der Waals surface area contributed by atoms with Crippen LogP contribution in [0.5, 0.6) is 0 Å². The molecule has 2 amide bonds. The number of carbonyl (C=O) groups is 2. The Hall–Kier alpha value is -3.08. The first kappa shape index (κ1) is 28.9. The van der Waals surface area contributed by atoms with Gasteiger partial charge in [-0.2, -0.15) is 0 Å². The average Bonchev–Trinajstić information content (AvgIpc) is 3.57. The van der Waals surface area contributed by atoms with Gasteiger partial charge in [-0.1, -0.05) is 50.2 Å². The Kier molecular flexibility index (Phi) is 8.58. The van der Waals surface area contributed by atoms with Crippen LogP contribution in [0.25, 0.3) is 10.4 Å². The summed E-state index contributed by atoms with van der Waals surface area (Å²) >= 11 is 1.60. The summed E-state index contributed by atoms with van der Waals surface area (Å²) in [6, 6.07) is 8.83. The number of aromatic nitrogens is 2. The quantitative estimate of drug-likeness (QED) is 0.435. The molecular weight excluding hydrogens is 514 g/mol. The minimum Gasteiger partial charge on any atom is -0.391 e. The van der Waals surface area contributed by atoms with Crippen molar-refractivity contribution in [3.8, 4) is 10.4 Å². The number of hydrogen-bond acceptors (Lipinski definition) is 8. The van der Waals surface area contributed by atoms with E-state index in [1.807, 2.05) is 83.4 Å². The lowest BCUT2D eigenvalue weighted by molar-refractivity contribution is -0.142. The van der Waals surface area contributed by atoms with Crippen LogP contribution in [0.3, 0.4) is 0 Å². The number of benzene rings is 1. The lowest BCUT2D eigenvalue weighted by atomic mass is 9.78. The van der Waals surface area contributed by atoms with Crippen molar-refractivity contribution in [2.45, 2.75) is 65.1 Å². The molecule has 0 saturated carbocycles. The number of aliphatic hydroxyl groups excluding tert-OH is 1. The third-order valence-corrected chi connectivity index (χ3v) is 8.07. The van der Waals surface area contributed by atoms with E-state index in [-0.39, 0.29) is 30.8 Å². The van der Waals surface area contributed by atoms with E-state index >= 15 is 0 Å². The molecule has 2 N–H and O–H groups in total. The van der Waals surface area contributed by atoms with Crippen molar-refractivity contribution >= 4 is 23.2 Å². The highest BCUT2D eigenvalue weighted by Crippen LogP contribution is 2.39. The maximum absolute atomic E-state index is 13.9. The number of amides is 2. The molecule has 0 radical (unpaired) electrons. The zero-order valence-electron chi connectivity index (χ0n) is 23.8. The molecule has 0 spiro atoms. The van der Waals surface area contributed by atoms with E-state index in [4.69, 9.17) is 4.52 Å². The van der Waals surface area contributed by atoms with Crippen molar-refractivity contribution in [1.82, 2.24) is 25.3 Å². The molecule has 1 aromatic carbocycles. The second-order valence-electron chi connectivity index (χ2n) is 11.8. The lowest BCUT2D eigenvalue weighted by Crippen LogP contribution is -2.50. The number of nitrogens with zero attached hydrogens (tertiary/aromatic N) is 4. The molecule has 1 fully saturated rings. The van der Waals surface area contributed by atoms with Gasteiger partial charge in [-0.25, -0.2) is 4.98 Å². The number of aryl methyl sites for hydroxylation is 2. The van der Waals surface area contributed by atoms with E-state index in [1.54, 1.807) is 17.4 Å². The van der Waals surface area contributed by atoms with Crippen LogP contribution < -0.4 is 5.32 Å². The molecule has 4 atom stereocenters. The molecule has 0 aliphatic carbocycles. The molecular formula is C29H39N5O4S. The SMILES string of the molecule is Cc1cc([C@H](C(=O)N2C[C@H](O)C[C@H]2C(=O)N[C@@H](CN(C)C)c2ccc(-c3scnc3C)cc2)C(C)(C)C)on1. The van der Waals surface area contributed by atoms with E-state index < -0.39 is 23.5 Å². The van der Waals surface area contributed by atoms with Crippen molar-refractivity contribution in [1.29, 1.82) is 0 Å². The molecule has 9 nitrogen and oxygen atoms in total. The van der Waals surface area contributed by atoms with Gasteiger partial charge < -0.3 is 24.7 Å². The van der Waals surface area contributed by atoms with Crippen LogP contribution in [0.1, 0.15) is 61.9 Å². The number of β-amino-alcohol motifs (C(OH)–C–C–N with tert-alkyl or cyclic N) is 1. The second kappa shape index (κ2) is 11.6. The normalized spacial score (nSPS) is 19.4. The number of thiazole rings is 1. The molecule has 2 aromatic heterocycles. The Bertz CT molecular complexity index is 1290. The first-order valence-corrected chi connectivity index (χ1v) is 14.1. The minimum absolute atomic E-state index is 0.0951. The van der Waals surface area contributed by atoms with Gasteiger partial charge >= 0.3 is 0 Å². The van der Waals surface area contributed by atoms with Crippen LogP contribution in [-0.4, -0.2) is 76.2 Å². The van der Waals surface area contributed by atoms with E-state index in [0.29, 0.717) is 18.0 Å². The molecule has 3 heterocycles. The van der Waals surface area contributed by atoms with Gasteiger partial charge in [0.25, 0.3) is 0 Å². The van der Waals surface area contributed by atoms with Crippen LogP contribution in [0.15, 0.2) is 40.4 Å². The molecule has 0 unspecified atom stereocenters. The predicted octanol–water partition coefficient (Wildman–Crippen LogP) is 3.93. The van der Waals surface area contributed by atoms with Crippen LogP contribution in [-0.2, 0) is 9.59 Å². The highest BCUT2D eigenvalue weighted by atomic mass is 32.1. The first-order chi connectivity index (χ1) is 18.3. The van der Waals surface area contributed by atoms with Crippen LogP contribution in [0, 0.1) is 19.3 Å². The molecule has 1 aliphatic rings. The second-order valence-corrected chi connectivity index (χ2v) is 12.6. The number of aliphatic hydroxyl groups is 1. The molecule has 1 saturated heterocycles. The van der Waals surface area contributed by atoms with Crippen LogP contribution in [0.4, 0.5) is 0 Å². The van der Waals surface area contributed by atoms with Gasteiger partial charge in [0.15, 0.2) is 0 Å². The monoisotopic (exact) mass is 553 g/mol. The Morgan fingerprint density at radius 3 is 2.46 bits per heavy atom. The third-order valence-electron chi connectivity index (χ3n) is 7.09. The Labute approximate surface area is 234 Å². The predicted molar refractivity (Wildman–Crippen MR) is 151 cm³/mol. The van der Waals surface area contributed by atoms with Gasteiger partial charge in [-0.05, 0) is 44.5 Å². The molecule has 3 aromatic rings. The Morgan fingerprint density at radius 2 is 1.92 bits per heavy atom. The van der Waals surface area contributed by atoms with E-state index in [2.05, 4.69) is 15.5 Å². The summed E-state index contributed by atoms with van der Waals surface area (Å²) in [5.74, 6) is -0.703. The Balaban J connectivity index is 1.56. The smallest absolute Gasteiger partial charge is 0.243 e. The molecule has 0 bridgehead atoms. The van der Waals surface area contributed by atoms with Gasteiger partial charge in [0.2, 0.25) is 11.8 Å².